The molecule has 2 N–H and O–H groups in total. The fourth-order valence-electron chi connectivity index (χ4n) is 4.80. The molecule has 0 aromatic heterocycles. The second kappa shape index (κ2) is 8.32. The highest BCUT2D eigenvalue weighted by Crippen LogP contribution is 2.43. The van der Waals surface area contributed by atoms with Crippen molar-refractivity contribution in [2.45, 2.75) is 83.7 Å². The van der Waals surface area contributed by atoms with Crippen LogP contribution >= 0.6 is 0 Å². The Hall–Kier alpha value is -2.12. The van der Waals surface area contributed by atoms with Crippen LogP contribution in [-0.2, 0) is 19.1 Å². The molecule has 0 aromatic rings. The van der Waals surface area contributed by atoms with Crippen molar-refractivity contribution in [2.24, 2.45) is 11.3 Å². The molecular weight excluding hydrogens is 374 g/mol. The molecule has 1 aliphatic heterocycles. The maximum Gasteiger partial charge on any atom is 0.326 e. The summed E-state index contributed by atoms with van der Waals surface area (Å²) in [5.74, 6) is -0.965. The fraction of sp³-hybridized carbons (Fsp3) is 0.810. The zero-order valence-corrected chi connectivity index (χ0v) is 17.7. The fourth-order valence-corrected chi connectivity index (χ4v) is 4.80. The minimum atomic E-state index is -0.904. The Morgan fingerprint density at radius 2 is 1.76 bits per heavy atom. The molecule has 8 heteroatoms. The van der Waals surface area contributed by atoms with Crippen molar-refractivity contribution in [1.29, 1.82) is 0 Å². The SMILES string of the molecule is CC(C)(C)C1CCC2(CC1)NC(=O)N(CC(=O)OCC(=O)NC1CCCC1)C2=O. The molecule has 1 saturated heterocycles. The van der Waals surface area contributed by atoms with Crippen molar-refractivity contribution < 1.29 is 23.9 Å². The van der Waals surface area contributed by atoms with E-state index in [1.807, 2.05) is 0 Å². The summed E-state index contributed by atoms with van der Waals surface area (Å²) in [7, 11) is 0. The molecular formula is C21H33N3O5. The number of amides is 4. The Balaban J connectivity index is 1.48. The van der Waals surface area contributed by atoms with Gasteiger partial charge >= 0.3 is 12.0 Å². The number of urea groups is 1. The average molecular weight is 408 g/mol. The maximum absolute atomic E-state index is 12.9. The van der Waals surface area contributed by atoms with Gasteiger partial charge < -0.3 is 15.4 Å². The Morgan fingerprint density at radius 1 is 1.14 bits per heavy atom. The van der Waals surface area contributed by atoms with Crippen molar-refractivity contribution >= 4 is 23.8 Å². The first-order chi connectivity index (χ1) is 13.6. The molecule has 3 rings (SSSR count). The van der Waals surface area contributed by atoms with E-state index in [1.165, 1.54) is 0 Å². The largest absolute Gasteiger partial charge is 0.454 e. The number of hydrogen-bond donors (Lipinski definition) is 2. The van der Waals surface area contributed by atoms with Gasteiger partial charge in [-0.3, -0.25) is 19.3 Å². The van der Waals surface area contributed by atoms with Gasteiger partial charge in [-0.05, 0) is 49.9 Å². The number of carbonyl (C=O) groups excluding carboxylic acids is 4. The summed E-state index contributed by atoms with van der Waals surface area (Å²) in [5, 5.41) is 5.64. The average Bonchev–Trinajstić information content (AvgIpc) is 3.23. The van der Waals surface area contributed by atoms with Crippen molar-refractivity contribution in [3.05, 3.63) is 0 Å². The molecule has 162 valence electrons. The van der Waals surface area contributed by atoms with Gasteiger partial charge in [0.1, 0.15) is 12.1 Å². The first kappa shape index (κ1) is 21.6. The molecule has 0 bridgehead atoms. The summed E-state index contributed by atoms with van der Waals surface area (Å²) < 4.78 is 4.99. The molecule has 0 aromatic carbocycles. The number of nitrogens with zero attached hydrogens (tertiary/aromatic N) is 1. The second-order valence-electron chi connectivity index (χ2n) is 9.75. The van der Waals surface area contributed by atoms with Crippen LogP contribution < -0.4 is 10.6 Å². The van der Waals surface area contributed by atoms with Crippen molar-refractivity contribution in [2.75, 3.05) is 13.2 Å². The van der Waals surface area contributed by atoms with Crippen LogP contribution in [-0.4, -0.2) is 53.4 Å². The summed E-state index contributed by atoms with van der Waals surface area (Å²) in [4.78, 5) is 50.2. The van der Waals surface area contributed by atoms with E-state index in [9.17, 15) is 19.2 Å². The first-order valence-corrected chi connectivity index (χ1v) is 10.7. The minimum Gasteiger partial charge on any atom is -0.454 e. The van der Waals surface area contributed by atoms with E-state index in [-0.39, 0.29) is 23.3 Å². The lowest BCUT2D eigenvalue weighted by Gasteiger charge is -2.40. The summed E-state index contributed by atoms with van der Waals surface area (Å²) in [5.41, 5.74) is -0.741. The predicted octanol–water partition coefficient (Wildman–Crippen LogP) is 2.12. The molecule has 0 atom stereocenters. The quantitative estimate of drug-likeness (QED) is 0.536. The summed E-state index contributed by atoms with van der Waals surface area (Å²) in [6.45, 7) is 5.71. The second-order valence-corrected chi connectivity index (χ2v) is 9.75. The predicted molar refractivity (Wildman–Crippen MR) is 106 cm³/mol. The molecule has 0 radical (unpaired) electrons. The van der Waals surface area contributed by atoms with Crippen LogP contribution in [0.1, 0.15) is 72.1 Å². The lowest BCUT2D eigenvalue weighted by atomic mass is 9.67. The topological polar surface area (TPSA) is 105 Å². The van der Waals surface area contributed by atoms with Crippen LogP contribution in [0.2, 0.25) is 0 Å². The van der Waals surface area contributed by atoms with Crippen LogP contribution in [0, 0.1) is 11.3 Å². The molecule has 3 fully saturated rings. The van der Waals surface area contributed by atoms with Gasteiger partial charge in [-0.15, -0.1) is 0 Å². The third kappa shape index (κ3) is 4.90. The number of nitrogens with one attached hydrogen (secondary N) is 2. The van der Waals surface area contributed by atoms with Gasteiger partial charge in [-0.2, -0.15) is 0 Å². The molecule has 0 unspecified atom stereocenters. The van der Waals surface area contributed by atoms with Gasteiger partial charge in [0.2, 0.25) is 0 Å². The molecule has 29 heavy (non-hydrogen) atoms. The molecule has 2 saturated carbocycles. The maximum atomic E-state index is 12.9. The van der Waals surface area contributed by atoms with Gasteiger partial charge in [0.05, 0.1) is 0 Å². The van der Waals surface area contributed by atoms with Crippen LogP contribution in [0.5, 0.6) is 0 Å². The molecule has 2 aliphatic carbocycles. The van der Waals surface area contributed by atoms with Crippen LogP contribution in [0.15, 0.2) is 0 Å². The standard InChI is InChI=1S/C21H33N3O5/c1-20(2,3)14-8-10-21(11-9-14)18(27)24(19(28)23-21)12-17(26)29-13-16(25)22-15-6-4-5-7-15/h14-15H,4-13H2,1-3H3,(H,22,25)(H,23,28). The number of imide groups is 1. The van der Waals surface area contributed by atoms with Crippen LogP contribution in [0.4, 0.5) is 4.79 Å². The highest BCUT2D eigenvalue weighted by Gasteiger charge is 2.53. The van der Waals surface area contributed by atoms with Gasteiger partial charge in [-0.25, -0.2) is 4.79 Å². The third-order valence-corrected chi connectivity index (χ3v) is 6.68. The van der Waals surface area contributed by atoms with E-state index < -0.39 is 30.7 Å². The van der Waals surface area contributed by atoms with Gasteiger partial charge in [0.25, 0.3) is 11.8 Å². The number of rotatable bonds is 5. The van der Waals surface area contributed by atoms with Gasteiger partial charge in [-0.1, -0.05) is 33.6 Å². The number of carbonyl (C=O) groups is 4. The van der Waals surface area contributed by atoms with Crippen molar-refractivity contribution in [3.63, 3.8) is 0 Å². The van der Waals surface area contributed by atoms with E-state index in [0.717, 1.165) is 43.4 Å². The zero-order valence-electron chi connectivity index (χ0n) is 17.7. The molecule has 1 spiro atoms. The van der Waals surface area contributed by atoms with E-state index in [2.05, 4.69) is 31.4 Å². The Morgan fingerprint density at radius 3 is 2.34 bits per heavy atom. The third-order valence-electron chi connectivity index (χ3n) is 6.68. The first-order valence-electron chi connectivity index (χ1n) is 10.7. The lowest BCUT2D eigenvalue weighted by molar-refractivity contribution is -0.151. The van der Waals surface area contributed by atoms with E-state index >= 15 is 0 Å². The highest BCUT2D eigenvalue weighted by molar-refractivity contribution is 6.08. The van der Waals surface area contributed by atoms with Crippen LogP contribution in [0.3, 0.4) is 0 Å². The number of ether oxygens (including phenoxy) is 1. The van der Waals surface area contributed by atoms with Crippen LogP contribution in [0.25, 0.3) is 0 Å². The minimum absolute atomic E-state index is 0.148. The van der Waals surface area contributed by atoms with Gasteiger partial charge in [0, 0.05) is 6.04 Å². The number of hydrogen-bond acceptors (Lipinski definition) is 5. The Bertz CT molecular complexity index is 670. The Labute approximate surface area is 172 Å². The monoisotopic (exact) mass is 407 g/mol. The van der Waals surface area contributed by atoms with E-state index in [0.29, 0.717) is 18.8 Å². The smallest absolute Gasteiger partial charge is 0.326 e. The Kier molecular flexibility index (Phi) is 6.19. The van der Waals surface area contributed by atoms with Gasteiger partial charge in [0.15, 0.2) is 6.61 Å². The lowest BCUT2D eigenvalue weighted by Crippen LogP contribution is -2.50. The zero-order chi connectivity index (χ0) is 21.2. The highest BCUT2D eigenvalue weighted by atomic mass is 16.5. The van der Waals surface area contributed by atoms with E-state index in [1.54, 1.807) is 0 Å². The summed E-state index contributed by atoms with van der Waals surface area (Å²) >= 11 is 0. The number of esters is 1. The normalized spacial score (nSPS) is 28.0. The van der Waals surface area contributed by atoms with E-state index in [4.69, 9.17) is 4.74 Å². The summed E-state index contributed by atoms with van der Waals surface area (Å²) in [6.07, 6.45) is 6.94. The summed E-state index contributed by atoms with van der Waals surface area (Å²) in [6, 6.07) is -0.410. The van der Waals surface area contributed by atoms with Crippen molar-refractivity contribution in [1.82, 2.24) is 15.5 Å². The van der Waals surface area contributed by atoms with Crippen molar-refractivity contribution in [3.8, 4) is 0 Å². The molecule has 1 heterocycles. The molecule has 4 amide bonds. The molecule has 8 nitrogen and oxygen atoms in total. The molecule has 3 aliphatic rings.